The van der Waals surface area contributed by atoms with Crippen molar-refractivity contribution in [2.75, 3.05) is 11.9 Å². The van der Waals surface area contributed by atoms with Crippen molar-refractivity contribution in [3.8, 4) is 11.5 Å². The Kier molecular flexibility index (Phi) is 7.80. The molecule has 1 aliphatic rings. The molecule has 3 aromatic rings. The Morgan fingerprint density at radius 1 is 0.941 bits per heavy atom. The summed E-state index contributed by atoms with van der Waals surface area (Å²) in [7, 11) is 0. The first kappa shape index (κ1) is 23.8. The van der Waals surface area contributed by atoms with Gasteiger partial charge in [-0.05, 0) is 67.3 Å². The number of hydrogen-bond acceptors (Lipinski definition) is 5. The van der Waals surface area contributed by atoms with E-state index in [4.69, 9.17) is 9.47 Å². The van der Waals surface area contributed by atoms with E-state index in [-0.39, 0.29) is 11.4 Å². The highest BCUT2D eigenvalue weighted by Gasteiger charge is 2.27. The van der Waals surface area contributed by atoms with E-state index >= 15 is 0 Å². The van der Waals surface area contributed by atoms with E-state index in [1.165, 1.54) is 22.9 Å². The second-order valence-corrected chi connectivity index (χ2v) is 9.24. The maximum atomic E-state index is 12.5. The Hall–Kier alpha value is -3.38. The van der Waals surface area contributed by atoms with Crippen molar-refractivity contribution in [2.24, 2.45) is 0 Å². The second kappa shape index (κ2) is 11.2. The number of carbonyl (C=O) groups excluding carboxylic acids is 1. The summed E-state index contributed by atoms with van der Waals surface area (Å²) in [5.74, 6) is 1.26. The third-order valence-corrected chi connectivity index (χ3v) is 6.50. The average molecular weight is 475 g/mol. The molecule has 34 heavy (non-hydrogen) atoms. The van der Waals surface area contributed by atoms with Crippen molar-refractivity contribution >= 4 is 29.4 Å². The number of rotatable bonds is 9. The van der Waals surface area contributed by atoms with E-state index in [2.05, 4.69) is 60.9 Å². The standard InChI is InChI=1S/C28H30N2O3S/c1-4-20-10-13-23(14-11-20)29-28-30-27(31)26(34-28)17-22-12-15-24(25(16-22)32-5-2)33-18-21-8-6-19(3)7-9-21/h6-17,28-29H,4-5,18H2,1-3H3,(H,30,31)/b26-17-/t28-/m1/s1. The first-order valence-corrected chi connectivity index (χ1v) is 12.4. The molecule has 176 valence electrons. The van der Waals surface area contributed by atoms with Crippen molar-refractivity contribution in [2.45, 2.75) is 39.3 Å². The zero-order valence-electron chi connectivity index (χ0n) is 19.8. The van der Waals surface area contributed by atoms with Gasteiger partial charge >= 0.3 is 0 Å². The number of anilines is 1. The van der Waals surface area contributed by atoms with Crippen LogP contribution in [0, 0.1) is 6.92 Å². The minimum atomic E-state index is -0.213. The van der Waals surface area contributed by atoms with Gasteiger partial charge in [0.05, 0.1) is 11.5 Å². The molecule has 2 N–H and O–H groups in total. The monoisotopic (exact) mass is 474 g/mol. The Morgan fingerprint density at radius 3 is 2.38 bits per heavy atom. The molecule has 0 spiro atoms. The molecule has 0 aliphatic carbocycles. The van der Waals surface area contributed by atoms with Gasteiger partial charge in [0.25, 0.3) is 5.91 Å². The minimum absolute atomic E-state index is 0.0923. The second-order valence-electron chi connectivity index (χ2n) is 8.09. The summed E-state index contributed by atoms with van der Waals surface area (Å²) >= 11 is 1.47. The Labute approximate surface area is 205 Å². The summed E-state index contributed by atoms with van der Waals surface area (Å²) in [4.78, 5) is 13.2. The summed E-state index contributed by atoms with van der Waals surface area (Å²) in [6.07, 6.45) is 2.88. The van der Waals surface area contributed by atoms with Crippen LogP contribution in [0.3, 0.4) is 0 Å². The van der Waals surface area contributed by atoms with Gasteiger partial charge in [0, 0.05) is 5.69 Å². The van der Waals surface area contributed by atoms with Gasteiger partial charge in [-0.3, -0.25) is 4.79 Å². The first-order valence-electron chi connectivity index (χ1n) is 11.5. The lowest BCUT2D eigenvalue weighted by Gasteiger charge is -2.13. The van der Waals surface area contributed by atoms with Crippen molar-refractivity contribution in [1.29, 1.82) is 0 Å². The highest BCUT2D eigenvalue weighted by atomic mass is 32.2. The molecule has 0 saturated carbocycles. The topological polar surface area (TPSA) is 59.6 Å². The van der Waals surface area contributed by atoms with Crippen LogP contribution < -0.4 is 20.1 Å². The summed E-state index contributed by atoms with van der Waals surface area (Å²) in [5.41, 5.74) is 5.25. The van der Waals surface area contributed by atoms with Crippen LogP contribution in [-0.2, 0) is 17.8 Å². The maximum Gasteiger partial charge on any atom is 0.260 e. The predicted octanol–water partition coefficient (Wildman–Crippen LogP) is 6.13. The fourth-order valence-electron chi connectivity index (χ4n) is 3.55. The fourth-order valence-corrected chi connectivity index (χ4v) is 4.54. The van der Waals surface area contributed by atoms with Crippen molar-refractivity contribution < 1.29 is 14.3 Å². The molecule has 5 nitrogen and oxygen atoms in total. The van der Waals surface area contributed by atoms with Gasteiger partial charge in [-0.2, -0.15) is 0 Å². The van der Waals surface area contributed by atoms with Crippen LogP contribution in [0.15, 0.2) is 71.6 Å². The SMILES string of the molecule is CCOc1cc(/C=C2\S[C@H](Nc3ccc(CC)cc3)NC2=O)ccc1OCc1ccc(C)cc1. The van der Waals surface area contributed by atoms with Gasteiger partial charge in [0.1, 0.15) is 6.61 Å². The van der Waals surface area contributed by atoms with E-state index in [1.807, 2.05) is 43.3 Å². The number of hydrogen-bond donors (Lipinski definition) is 2. The van der Waals surface area contributed by atoms with Crippen LogP contribution >= 0.6 is 11.8 Å². The predicted molar refractivity (Wildman–Crippen MR) is 140 cm³/mol. The fraction of sp³-hybridized carbons (Fsp3) is 0.250. The number of amides is 1. The number of nitrogens with one attached hydrogen (secondary N) is 2. The van der Waals surface area contributed by atoms with Crippen LogP contribution in [0.1, 0.15) is 36.1 Å². The molecule has 1 fully saturated rings. The van der Waals surface area contributed by atoms with E-state index in [1.54, 1.807) is 0 Å². The summed E-state index contributed by atoms with van der Waals surface area (Å²) in [6, 6.07) is 22.3. The van der Waals surface area contributed by atoms with E-state index < -0.39 is 0 Å². The molecule has 0 radical (unpaired) electrons. The van der Waals surface area contributed by atoms with Crippen LogP contribution in [0.5, 0.6) is 11.5 Å². The zero-order valence-corrected chi connectivity index (χ0v) is 20.6. The summed E-state index contributed by atoms with van der Waals surface area (Å²) in [6.45, 7) is 7.13. The molecule has 1 atom stereocenters. The molecule has 0 unspecified atom stereocenters. The smallest absolute Gasteiger partial charge is 0.260 e. The molecule has 1 aliphatic heterocycles. The van der Waals surface area contributed by atoms with Gasteiger partial charge in [-0.1, -0.05) is 66.7 Å². The molecule has 3 aromatic carbocycles. The average Bonchev–Trinajstić information content (AvgIpc) is 3.18. The molecule has 1 heterocycles. The lowest BCUT2D eigenvalue weighted by molar-refractivity contribution is -0.116. The Morgan fingerprint density at radius 2 is 1.68 bits per heavy atom. The quantitative estimate of drug-likeness (QED) is 0.365. The van der Waals surface area contributed by atoms with Crippen molar-refractivity contribution in [3.05, 3.63) is 93.9 Å². The Bertz CT molecular complexity index is 1160. The molecular weight excluding hydrogens is 444 g/mol. The molecule has 1 saturated heterocycles. The lowest BCUT2D eigenvalue weighted by Crippen LogP contribution is -2.30. The highest BCUT2D eigenvalue weighted by Crippen LogP contribution is 2.34. The molecule has 0 bridgehead atoms. The van der Waals surface area contributed by atoms with Gasteiger partial charge in [-0.25, -0.2) is 0 Å². The van der Waals surface area contributed by atoms with Gasteiger partial charge in [0.15, 0.2) is 17.0 Å². The highest BCUT2D eigenvalue weighted by molar-refractivity contribution is 8.05. The number of aryl methyl sites for hydroxylation is 2. The zero-order chi connectivity index (χ0) is 23.9. The number of thioether (sulfide) groups is 1. The van der Waals surface area contributed by atoms with Crippen molar-refractivity contribution in [1.82, 2.24) is 5.32 Å². The minimum Gasteiger partial charge on any atom is -0.490 e. The van der Waals surface area contributed by atoms with Crippen molar-refractivity contribution in [3.63, 3.8) is 0 Å². The van der Waals surface area contributed by atoms with Gasteiger partial charge < -0.3 is 20.1 Å². The first-order chi connectivity index (χ1) is 16.5. The molecule has 1 amide bonds. The molecule has 6 heteroatoms. The third kappa shape index (κ3) is 6.14. The molecule has 4 rings (SSSR count). The van der Waals surface area contributed by atoms with E-state index in [9.17, 15) is 4.79 Å². The lowest BCUT2D eigenvalue weighted by atomic mass is 10.1. The maximum absolute atomic E-state index is 12.5. The van der Waals surface area contributed by atoms with Gasteiger partial charge in [-0.15, -0.1) is 0 Å². The Balaban J connectivity index is 1.44. The normalized spacial score (nSPS) is 16.4. The van der Waals surface area contributed by atoms with Crippen LogP contribution in [0.2, 0.25) is 0 Å². The summed E-state index contributed by atoms with van der Waals surface area (Å²) < 4.78 is 11.8. The van der Waals surface area contributed by atoms with Crippen LogP contribution in [0.25, 0.3) is 6.08 Å². The number of ether oxygens (including phenoxy) is 2. The van der Waals surface area contributed by atoms with E-state index in [0.29, 0.717) is 29.6 Å². The van der Waals surface area contributed by atoms with E-state index in [0.717, 1.165) is 23.2 Å². The summed E-state index contributed by atoms with van der Waals surface area (Å²) in [5, 5.41) is 6.34. The molecule has 0 aromatic heterocycles. The van der Waals surface area contributed by atoms with Crippen LogP contribution in [0.4, 0.5) is 5.69 Å². The van der Waals surface area contributed by atoms with Crippen LogP contribution in [-0.4, -0.2) is 18.0 Å². The number of benzene rings is 3. The van der Waals surface area contributed by atoms with Gasteiger partial charge in [0.2, 0.25) is 0 Å². The molecular formula is C28H30N2O3S. The largest absolute Gasteiger partial charge is 0.490 e. The third-order valence-electron chi connectivity index (χ3n) is 5.47. The number of carbonyl (C=O) groups is 1.